The van der Waals surface area contributed by atoms with Crippen molar-refractivity contribution in [1.82, 2.24) is 15.1 Å². The van der Waals surface area contributed by atoms with Crippen molar-refractivity contribution in [2.24, 2.45) is 0 Å². The van der Waals surface area contributed by atoms with Gasteiger partial charge in [-0.15, -0.1) is 0 Å². The lowest BCUT2D eigenvalue weighted by Gasteiger charge is -2.32. The number of fused-ring (bicyclic) bond motifs is 1. The number of imide groups is 1. The van der Waals surface area contributed by atoms with Gasteiger partial charge in [0.1, 0.15) is 12.3 Å². The summed E-state index contributed by atoms with van der Waals surface area (Å²) in [6, 6.07) is 12.8. The molecule has 2 aliphatic rings. The van der Waals surface area contributed by atoms with Crippen LogP contribution < -0.4 is 10.1 Å². The van der Waals surface area contributed by atoms with E-state index in [1.807, 2.05) is 0 Å². The maximum absolute atomic E-state index is 12.8. The average molecular weight is 449 g/mol. The molecule has 1 saturated heterocycles. The van der Waals surface area contributed by atoms with E-state index in [1.54, 1.807) is 47.4 Å². The highest BCUT2D eigenvalue weighted by Crippen LogP contribution is 2.22. The molecule has 2 aromatic rings. The van der Waals surface area contributed by atoms with Gasteiger partial charge < -0.3 is 15.0 Å². The van der Waals surface area contributed by atoms with Crippen LogP contribution in [0.4, 0.5) is 0 Å². The van der Waals surface area contributed by atoms with Crippen molar-refractivity contribution in [3.63, 3.8) is 0 Å². The molecule has 4 rings (SSSR count). The molecule has 0 unspecified atom stereocenters. The van der Waals surface area contributed by atoms with Crippen molar-refractivity contribution in [2.75, 3.05) is 19.6 Å². The molecule has 9 nitrogen and oxygen atoms in total. The van der Waals surface area contributed by atoms with Crippen molar-refractivity contribution in [3.05, 3.63) is 65.2 Å². The molecule has 2 heterocycles. The Kier molecular flexibility index (Phi) is 6.21. The van der Waals surface area contributed by atoms with Gasteiger partial charge in [-0.2, -0.15) is 0 Å². The monoisotopic (exact) mass is 449 g/mol. The smallest absolute Gasteiger partial charge is 0.308 e. The van der Waals surface area contributed by atoms with Gasteiger partial charge in [0, 0.05) is 31.6 Å². The lowest BCUT2D eigenvalue weighted by Crippen LogP contribution is -2.49. The number of ether oxygens (including phenoxy) is 1. The number of hydrogen-bond acceptors (Lipinski definition) is 6. The quantitative estimate of drug-likeness (QED) is 0.422. The second-order valence-corrected chi connectivity index (χ2v) is 8.00. The topological polar surface area (TPSA) is 113 Å². The number of hydrogen-bond donors (Lipinski definition) is 1. The van der Waals surface area contributed by atoms with E-state index >= 15 is 0 Å². The lowest BCUT2D eigenvalue weighted by atomic mass is 10.0. The molecule has 0 saturated carbocycles. The molecule has 0 aromatic heterocycles. The van der Waals surface area contributed by atoms with Crippen molar-refractivity contribution >= 4 is 29.6 Å². The highest BCUT2D eigenvalue weighted by atomic mass is 16.5. The van der Waals surface area contributed by atoms with Crippen LogP contribution >= 0.6 is 0 Å². The molecular weight excluding hydrogens is 426 g/mol. The molecule has 0 aliphatic carbocycles. The van der Waals surface area contributed by atoms with E-state index in [0.29, 0.717) is 48.4 Å². The number of likely N-dealkylation sites (tertiary alicyclic amines) is 1. The fourth-order valence-electron chi connectivity index (χ4n) is 4.07. The number of rotatable bonds is 5. The predicted octanol–water partition coefficient (Wildman–Crippen LogP) is 1.63. The summed E-state index contributed by atoms with van der Waals surface area (Å²) < 4.78 is 5.03. The zero-order chi connectivity index (χ0) is 23.5. The van der Waals surface area contributed by atoms with Crippen molar-refractivity contribution in [2.45, 2.75) is 25.8 Å². The van der Waals surface area contributed by atoms with Gasteiger partial charge >= 0.3 is 5.97 Å². The van der Waals surface area contributed by atoms with Crippen molar-refractivity contribution < 1.29 is 28.7 Å². The Labute approximate surface area is 190 Å². The number of amides is 4. The van der Waals surface area contributed by atoms with Crippen LogP contribution in [0.5, 0.6) is 5.75 Å². The fourth-order valence-corrected chi connectivity index (χ4v) is 4.07. The first-order valence-electron chi connectivity index (χ1n) is 10.7. The molecule has 33 heavy (non-hydrogen) atoms. The highest BCUT2D eigenvalue weighted by Gasteiger charge is 2.36. The van der Waals surface area contributed by atoms with Crippen LogP contribution in [0.15, 0.2) is 48.5 Å². The van der Waals surface area contributed by atoms with Crippen molar-refractivity contribution in [3.8, 4) is 5.75 Å². The van der Waals surface area contributed by atoms with Crippen LogP contribution in [0.3, 0.4) is 0 Å². The largest absolute Gasteiger partial charge is 0.427 e. The molecule has 2 aromatic carbocycles. The molecule has 0 spiro atoms. The zero-order valence-electron chi connectivity index (χ0n) is 18.1. The third kappa shape index (κ3) is 4.77. The summed E-state index contributed by atoms with van der Waals surface area (Å²) in [7, 11) is 0. The molecule has 170 valence electrons. The van der Waals surface area contributed by atoms with Crippen LogP contribution in [0.25, 0.3) is 0 Å². The minimum atomic E-state index is -0.470. The van der Waals surface area contributed by atoms with E-state index < -0.39 is 23.7 Å². The van der Waals surface area contributed by atoms with Crippen LogP contribution in [0.2, 0.25) is 0 Å². The molecule has 1 N–H and O–H groups in total. The Bertz CT molecular complexity index is 1100. The maximum Gasteiger partial charge on any atom is 0.308 e. The van der Waals surface area contributed by atoms with Gasteiger partial charge in [-0.25, -0.2) is 0 Å². The summed E-state index contributed by atoms with van der Waals surface area (Å²) in [6.07, 6.45) is 1.09. The maximum atomic E-state index is 12.8. The van der Waals surface area contributed by atoms with Crippen LogP contribution in [-0.2, 0) is 9.59 Å². The number of carbonyl (C=O) groups excluding carboxylic acids is 5. The fraction of sp³-hybridized carbons (Fsp3) is 0.292. The second-order valence-electron chi connectivity index (χ2n) is 8.00. The lowest BCUT2D eigenvalue weighted by molar-refractivity contribution is -0.131. The molecule has 1 fully saturated rings. The molecule has 0 radical (unpaired) electrons. The summed E-state index contributed by atoms with van der Waals surface area (Å²) in [5, 5.41) is 2.86. The third-order valence-corrected chi connectivity index (χ3v) is 5.67. The van der Waals surface area contributed by atoms with Gasteiger partial charge in [0.05, 0.1) is 11.1 Å². The summed E-state index contributed by atoms with van der Waals surface area (Å²) in [5.41, 5.74) is 1.03. The molecule has 0 atom stereocenters. The molecule has 4 amide bonds. The Hall–Kier alpha value is -4.01. The second kappa shape index (κ2) is 9.23. The van der Waals surface area contributed by atoms with Gasteiger partial charge in [-0.1, -0.05) is 18.2 Å². The summed E-state index contributed by atoms with van der Waals surface area (Å²) >= 11 is 0. The molecule has 9 heteroatoms. The van der Waals surface area contributed by atoms with E-state index in [-0.39, 0.29) is 18.5 Å². The van der Waals surface area contributed by atoms with Crippen LogP contribution in [0, 0.1) is 0 Å². The summed E-state index contributed by atoms with van der Waals surface area (Å²) in [4.78, 5) is 63.9. The number of benzene rings is 2. The number of esters is 1. The normalized spacial score (nSPS) is 15.9. The van der Waals surface area contributed by atoms with Gasteiger partial charge in [-0.3, -0.25) is 28.9 Å². The summed E-state index contributed by atoms with van der Waals surface area (Å²) in [5.74, 6) is -1.69. The Balaban J connectivity index is 1.29. The minimum absolute atomic E-state index is 0.163. The van der Waals surface area contributed by atoms with Crippen LogP contribution in [-0.4, -0.2) is 65.1 Å². The van der Waals surface area contributed by atoms with Gasteiger partial charge in [-0.05, 0) is 43.2 Å². The average Bonchev–Trinajstić information content (AvgIpc) is 3.04. The van der Waals surface area contributed by atoms with Gasteiger partial charge in [0.25, 0.3) is 17.7 Å². The highest BCUT2D eigenvalue weighted by molar-refractivity contribution is 6.22. The zero-order valence-corrected chi connectivity index (χ0v) is 18.1. The molecular formula is C24H23N3O6. The standard InChI is InChI=1S/C24H23N3O6/c1-15(28)33-18-6-4-5-16(13-18)22(30)26-11-9-17(10-12-26)25-21(29)14-27-23(31)19-7-2-3-8-20(19)24(27)32/h2-8,13,17H,9-12,14H2,1H3,(H,25,29). The number of nitrogens with one attached hydrogen (secondary N) is 1. The minimum Gasteiger partial charge on any atom is -0.427 e. The van der Waals surface area contributed by atoms with E-state index in [0.717, 1.165) is 4.90 Å². The van der Waals surface area contributed by atoms with E-state index in [4.69, 9.17) is 4.74 Å². The predicted molar refractivity (Wildman–Crippen MR) is 117 cm³/mol. The number of nitrogens with zero attached hydrogens (tertiary/aromatic N) is 2. The van der Waals surface area contributed by atoms with E-state index in [9.17, 15) is 24.0 Å². The van der Waals surface area contributed by atoms with Gasteiger partial charge in [0.2, 0.25) is 5.91 Å². The third-order valence-electron chi connectivity index (χ3n) is 5.67. The Morgan fingerprint density at radius 2 is 1.61 bits per heavy atom. The van der Waals surface area contributed by atoms with Crippen LogP contribution in [0.1, 0.15) is 50.8 Å². The van der Waals surface area contributed by atoms with E-state index in [2.05, 4.69) is 5.32 Å². The van der Waals surface area contributed by atoms with Gasteiger partial charge in [0.15, 0.2) is 0 Å². The first-order chi connectivity index (χ1) is 15.8. The SMILES string of the molecule is CC(=O)Oc1cccc(C(=O)N2CCC(NC(=O)CN3C(=O)c4ccccc4C3=O)CC2)c1. The Morgan fingerprint density at radius 3 is 2.21 bits per heavy atom. The molecule has 2 aliphatic heterocycles. The first kappa shape index (κ1) is 22.2. The number of piperidine rings is 1. The number of carbonyl (C=O) groups is 5. The Morgan fingerprint density at radius 1 is 0.970 bits per heavy atom. The summed E-state index contributed by atoms with van der Waals surface area (Å²) in [6.45, 7) is 1.83. The van der Waals surface area contributed by atoms with E-state index in [1.165, 1.54) is 13.0 Å². The first-order valence-corrected chi connectivity index (χ1v) is 10.7. The molecule has 0 bridgehead atoms. The van der Waals surface area contributed by atoms with Crippen molar-refractivity contribution in [1.29, 1.82) is 0 Å².